The monoisotopic (exact) mass is 272 g/mol. The molecule has 0 saturated heterocycles. The summed E-state index contributed by atoms with van der Waals surface area (Å²) in [6.45, 7) is 0.655. The van der Waals surface area contributed by atoms with Gasteiger partial charge in [-0.05, 0) is 24.1 Å². The largest absolute Gasteiger partial charge is 0.478 e. The summed E-state index contributed by atoms with van der Waals surface area (Å²) >= 11 is 0. The van der Waals surface area contributed by atoms with Crippen LogP contribution >= 0.6 is 0 Å². The minimum absolute atomic E-state index is 0.0940. The van der Waals surface area contributed by atoms with Gasteiger partial charge in [-0.25, -0.2) is 9.48 Å². The second-order valence-electron chi connectivity index (χ2n) is 4.54. The van der Waals surface area contributed by atoms with E-state index in [0.717, 1.165) is 12.0 Å². The maximum Gasteiger partial charge on any atom is 0.335 e. The Labute approximate surface area is 114 Å². The number of aromatic nitrogens is 3. The first-order valence-electron chi connectivity index (χ1n) is 6.16. The van der Waals surface area contributed by atoms with E-state index in [0.29, 0.717) is 12.2 Å². The number of carbonyl (C=O) groups is 2. The Hall–Kier alpha value is -2.70. The van der Waals surface area contributed by atoms with Gasteiger partial charge in [0, 0.05) is 18.4 Å². The van der Waals surface area contributed by atoms with Crippen molar-refractivity contribution in [3.63, 3.8) is 0 Å². The molecular weight excluding hydrogens is 260 g/mol. The quantitative estimate of drug-likeness (QED) is 0.882. The van der Waals surface area contributed by atoms with Crippen LogP contribution < -0.4 is 4.90 Å². The lowest BCUT2D eigenvalue weighted by atomic mass is 10.1. The second-order valence-corrected chi connectivity index (χ2v) is 4.54. The lowest BCUT2D eigenvalue weighted by Crippen LogP contribution is -2.32. The number of carboxylic acids is 1. The van der Waals surface area contributed by atoms with E-state index in [1.165, 1.54) is 10.9 Å². The molecule has 0 spiro atoms. The number of carboxylic acid groups (broad SMARTS) is 1. The van der Waals surface area contributed by atoms with Gasteiger partial charge < -0.3 is 10.0 Å². The molecule has 1 aliphatic rings. The average molecular weight is 272 g/mol. The number of nitrogens with zero attached hydrogens (tertiary/aromatic N) is 4. The van der Waals surface area contributed by atoms with Crippen LogP contribution in [-0.2, 0) is 17.8 Å². The molecule has 1 N–H and O–H groups in total. The number of carbonyl (C=O) groups excluding carboxylic acids is 1. The third-order valence-corrected chi connectivity index (χ3v) is 3.30. The molecule has 102 valence electrons. The topological polar surface area (TPSA) is 88.3 Å². The molecule has 7 heteroatoms. The molecule has 0 saturated carbocycles. The third-order valence-electron chi connectivity index (χ3n) is 3.30. The summed E-state index contributed by atoms with van der Waals surface area (Å²) in [5.41, 5.74) is 1.85. The Balaban J connectivity index is 1.86. The summed E-state index contributed by atoms with van der Waals surface area (Å²) in [5, 5.41) is 16.4. The first-order valence-corrected chi connectivity index (χ1v) is 6.16. The van der Waals surface area contributed by atoms with Crippen LogP contribution in [0.1, 0.15) is 15.9 Å². The lowest BCUT2D eigenvalue weighted by Gasteiger charge is -2.17. The number of hydrogen-bond acceptors (Lipinski definition) is 4. The van der Waals surface area contributed by atoms with Crippen LogP contribution in [0, 0.1) is 0 Å². The predicted molar refractivity (Wildman–Crippen MR) is 69.5 cm³/mol. The fraction of sp³-hybridized carbons (Fsp3) is 0.231. The fourth-order valence-corrected chi connectivity index (χ4v) is 2.31. The number of rotatable bonds is 3. The fourth-order valence-electron chi connectivity index (χ4n) is 2.31. The summed E-state index contributed by atoms with van der Waals surface area (Å²) in [5.74, 6) is -1.12. The summed E-state index contributed by atoms with van der Waals surface area (Å²) in [4.78, 5) is 24.9. The van der Waals surface area contributed by atoms with Gasteiger partial charge in [-0.1, -0.05) is 11.3 Å². The molecule has 0 bridgehead atoms. The Morgan fingerprint density at radius 1 is 1.35 bits per heavy atom. The van der Waals surface area contributed by atoms with Crippen LogP contribution in [0.15, 0.2) is 30.6 Å². The Kier molecular flexibility index (Phi) is 2.94. The molecule has 1 aromatic carbocycles. The highest BCUT2D eigenvalue weighted by Crippen LogP contribution is 2.29. The van der Waals surface area contributed by atoms with Crippen molar-refractivity contribution in [1.29, 1.82) is 0 Å². The zero-order valence-corrected chi connectivity index (χ0v) is 10.6. The molecule has 1 amide bonds. The van der Waals surface area contributed by atoms with Crippen LogP contribution in [-0.4, -0.2) is 38.5 Å². The van der Waals surface area contributed by atoms with Crippen molar-refractivity contribution in [3.05, 3.63) is 41.7 Å². The number of fused-ring (bicyclic) bond motifs is 1. The average Bonchev–Trinajstić information content (AvgIpc) is 3.06. The molecule has 20 heavy (non-hydrogen) atoms. The van der Waals surface area contributed by atoms with Crippen molar-refractivity contribution < 1.29 is 14.7 Å². The van der Waals surface area contributed by atoms with Gasteiger partial charge in [0.25, 0.3) is 0 Å². The molecule has 2 aromatic rings. The van der Waals surface area contributed by atoms with Gasteiger partial charge in [0.1, 0.15) is 6.54 Å². The highest BCUT2D eigenvalue weighted by Gasteiger charge is 2.25. The SMILES string of the molecule is O=C(O)c1ccc2c(c1)N(C(=O)Cn1ccnn1)CC2. The van der Waals surface area contributed by atoms with E-state index in [2.05, 4.69) is 10.3 Å². The maximum absolute atomic E-state index is 12.2. The van der Waals surface area contributed by atoms with E-state index in [-0.39, 0.29) is 18.0 Å². The zero-order valence-electron chi connectivity index (χ0n) is 10.6. The third kappa shape index (κ3) is 2.13. The van der Waals surface area contributed by atoms with Gasteiger partial charge in [0.15, 0.2) is 0 Å². The van der Waals surface area contributed by atoms with Gasteiger partial charge in [-0.2, -0.15) is 0 Å². The predicted octanol–water partition coefficient (Wildman–Crippen LogP) is 0.566. The minimum Gasteiger partial charge on any atom is -0.478 e. The molecule has 3 rings (SSSR count). The molecule has 0 fully saturated rings. The summed E-state index contributed by atoms with van der Waals surface area (Å²) in [6.07, 6.45) is 3.86. The molecule has 1 aliphatic heterocycles. The Morgan fingerprint density at radius 2 is 2.20 bits per heavy atom. The Morgan fingerprint density at radius 3 is 2.90 bits per heavy atom. The minimum atomic E-state index is -0.997. The molecule has 2 heterocycles. The van der Waals surface area contributed by atoms with Crippen LogP contribution in [0.3, 0.4) is 0 Å². The summed E-state index contributed by atoms with van der Waals surface area (Å²) in [7, 11) is 0. The van der Waals surface area contributed by atoms with Gasteiger partial charge in [-0.15, -0.1) is 5.10 Å². The molecule has 1 aromatic heterocycles. The van der Waals surface area contributed by atoms with Crippen molar-refractivity contribution in [2.24, 2.45) is 0 Å². The zero-order chi connectivity index (χ0) is 14.1. The van der Waals surface area contributed by atoms with E-state index < -0.39 is 5.97 Å². The molecule has 0 radical (unpaired) electrons. The van der Waals surface area contributed by atoms with E-state index in [9.17, 15) is 9.59 Å². The number of anilines is 1. The number of aromatic carboxylic acids is 1. The van der Waals surface area contributed by atoms with Gasteiger partial charge in [-0.3, -0.25) is 4.79 Å². The standard InChI is InChI=1S/C13H12N4O3/c18-12(8-16-6-4-14-15-16)17-5-3-9-1-2-10(13(19)20)7-11(9)17/h1-2,4,6-7H,3,5,8H2,(H,19,20). The van der Waals surface area contributed by atoms with Crippen LogP contribution in [0.25, 0.3) is 0 Å². The maximum atomic E-state index is 12.2. The van der Waals surface area contributed by atoms with Gasteiger partial charge >= 0.3 is 5.97 Å². The van der Waals surface area contributed by atoms with Crippen LogP contribution in [0.4, 0.5) is 5.69 Å². The molecular formula is C13H12N4O3. The smallest absolute Gasteiger partial charge is 0.335 e. The van der Waals surface area contributed by atoms with Crippen LogP contribution in [0.2, 0.25) is 0 Å². The normalized spacial score (nSPS) is 13.3. The molecule has 0 atom stereocenters. The number of benzene rings is 1. The second kappa shape index (κ2) is 4.76. The van der Waals surface area contributed by atoms with Crippen molar-refractivity contribution in [3.8, 4) is 0 Å². The van der Waals surface area contributed by atoms with Gasteiger partial charge in [0.2, 0.25) is 5.91 Å². The first kappa shape index (κ1) is 12.3. The van der Waals surface area contributed by atoms with E-state index in [1.54, 1.807) is 29.3 Å². The van der Waals surface area contributed by atoms with Crippen molar-refractivity contribution in [1.82, 2.24) is 15.0 Å². The molecule has 7 nitrogen and oxygen atoms in total. The van der Waals surface area contributed by atoms with Gasteiger partial charge in [0.05, 0.1) is 11.8 Å². The highest BCUT2D eigenvalue weighted by atomic mass is 16.4. The Bertz CT molecular complexity index is 666. The number of amides is 1. The van der Waals surface area contributed by atoms with E-state index >= 15 is 0 Å². The lowest BCUT2D eigenvalue weighted by molar-refractivity contribution is -0.119. The number of hydrogen-bond donors (Lipinski definition) is 1. The van der Waals surface area contributed by atoms with Crippen LogP contribution in [0.5, 0.6) is 0 Å². The first-order chi connectivity index (χ1) is 9.65. The molecule has 0 unspecified atom stereocenters. The van der Waals surface area contributed by atoms with Crippen molar-refractivity contribution in [2.45, 2.75) is 13.0 Å². The molecule has 0 aliphatic carbocycles. The summed E-state index contributed by atoms with van der Waals surface area (Å²) < 4.78 is 1.45. The van der Waals surface area contributed by atoms with Crippen molar-refractivity contribution in [2.75, 3.05) is 11.4 Å². The van der Waals surface area contributed by atoms with Crippen molar-refractivity contribution >= 4 is 17.6 Å². The van der Waals surface area contributed by atoms with E-state index in [4.69, 9.17) is 5.11 Å². The van der Waals surface area contributed by atoms with E-state index in [1.807, 2.05) is 0 Å². The highest BCUT2D eigenvalue weighted by molar-refractivity contribution is 5.97. The summed E-state index contributed by atoms with van der Waals surface area (Å²) in [6, 6.07) is 4.87.